The molecule has 2 N–H and O–H groups in total. The highest BCUT2D eigenvalue weighted by Crippen LogP contribution is 2.06. The molecule has 0 aliphatic carbocycles. The first-order valence-electron chi connectivity index (χ1n) is 5.24. The van der Waals surface area contributed by atoms with Crippen LogP contribution in [0, 0.1) is 11.8 Å². The van der Waals surface area contributed by atoms with E-state index < -0.39 is 10.0 Å². The monoisotopic (exact) mass is 230 g/mol. The summed E-state index contributed by atoms with van der Waals surface area (Å²) in [6, 6.07) is 0.125. The summed E-state index contributed by atoms with van der Waals surface area (Å²) in [5, 5.41) is 3.17. The van der Waals surface area contributed by atoms with Gasteiger partial charge in [0.05, 0.1) is 5.75 Å². The molecular weight excluding hydrogens is 212 g/mol. The molecule has 0 amide bonds. The van der Waals surface area contributed by atoms with E-state index >= 15 is 0 Å². The molecule has 0 aromatic rings. The van der Waals surface area contributed by atoms with Gasteiger partial charge in [-0.3, -0.25) is 0 Å². The quantitative estimate of drug-likeness (QED) is 0.519. The van der Waals surface area contributed by atoms with E-state index in [1.807, 2.05) is 0 Å². The standard InChI is InChI=1S/C10H18N2O2S/c1-2-3-4-8-12-15(13,14)9-10-6-5-7-11-10/h10-12H,4-9H2,1H3. The zero-order chi connectivity index (χ0) is 11.1. The highest BCUT2D eigenvalue weighted by molar-refractivity contribution is 7.89. The van der Waals surface area contributed by atoms with Gasteiger partial charge in [-0.05, 0) is 26.3 Å². The molecule has 1 heterocycles. The fourth-order valence-electron chi connectivity index (χ4n) is 1.62. The van der Waals surface area contributed by atoms with E-state index in [1.54, 1.807) is 6.92 Å². The number of hydrogen-bond donors (Lipinski definition) is 2. The van der Waals surface area contributed by atoms with Crippen LogP contribution in [0.25, 0.3) is 0 Å². The number of rotatable bonds is 5. The first-order valence-corrected chi connectivity index (χ1v) is 6.89. The van der Waals surface area contributed by atoms with E-state index in [1.165, 1.54) is 0 Å². The van der Waals surface area contributed by atoms with Gasteiger partial charge in [-0.25, -0.2) is 13.1 Å². The minimum Gasteiger partial charge on any atom is -0.313 e. The highest BCUT2D eigenvalue weighted by Gasteiger charge is 2.21. The third-order valence-corrected chi connectivity index (χ3v) is 3.82. The van der Waals surface area contributed by atoms with Crippen molar-refractivity contribution in [3.63, 3.8) is 0 Å². The third-order valence-electron chi connectivity index (χ3n) is 2.33. The van der Waals surface area contributed by atoms with Crippen molar-refractivity contribution in [3.05, 3.63) is 0 Å². The van der Waals surface area contributed by atoms with Crippen LogP contribution < -0.4 is 10.0 Å². The minimum absolute atomic E-state index is 0.125. The molecule has 0 saturated carbocycles. The largest absolute Gasteiger partial charge is 0.313 e. The molecule has 0 bridgehead atoms. The van der Waals surface area contributed by atoms with Crippen LogP contribution >= 0.6 is 0 Å². The van der Waals surface area contributed by atoms with Crippen molar-refractivity contribution in [2.45, 2.75) is 32.2 Å². The van der Waals surface area contributed by atoms with Crippen LogP contribution in [0.2, 0.25) is 0 Å². The van der Waals surface area contributed by atoms with Gasteiger partial charge in [-0.15, -0.1) is 11.8 Å². The molecule has 0 spiro atoms. The summed E-state index contributed by atoms with van der Waals surface area (Å²) in [5.74, 6) is 5.74. The van der Waals surface area contributed by atoms with Crippen LogP contribution in [-0.4, -0.2) is 33.3 Å². The van der Waals surface area contributed by atoms with Gasteiger partial charge in [0.15, 0.2) is 0 Å². The second-order valence-electron chi connectivity index (χ2n) is 3.65. The molecule has 1 aliphatic rings. The maximum Gasteiger partial charge on any atom is 0.213 e. The average Bonchev–Trinajstić information content (AvgIpc) is 2.64. The first-order chi connectivity index (χ1) is 7.14. The van der Waals surface area contributed by atoms with Crippen molar-refractivity contribution in [1.29, 1.82) is 0 Å². The van der Waals surface area contributed by atoms with Crippen LogP contribution in [0.15, 0.2) is 0 Å². The van der Waals surface area contributed by atoms with Gasteiger partial charge >= 0.3 is 0 Å². The summed E-state index contributed by atoms with van der Waals surface area (Å²) >= 11 is 0. The summed E-state index contributed by atoms with van der Waals surface area (Å²) in [7, 11) is -3.13. The van der Waals surface area contributed by atoms with Crippen LogP contribution in [0.3, 0.4) is 0 Å². The van der Waals surface area contributed by atoms with Crippen LogP contribution in [0.5, 0.6) is 0 Å². The molecule has 0 aromatic heterocycles. The molecular formula is C10H18N2O2S. The van der Waals surface area contributed by atoms with Crippen molar-refractivity contribution in [3.8, 4) is 11.8 Å². The topological polar surface area (TPSA) is 58.2 Å². The van der Waals surface area contributed by atoms with E-state index in [4.69, 9.17) is 0 Å². The van der Waals surface area contributed by atoms with Gasteiger partial charge in [-0.1, -0.05) is 0 Å². The number of nitrogens with one attached hydrogen (secondary N) is 2. The van der Waals surface area contributed by atoms with Crippen molar-refractivity contribution >= 4 is 10.0 Å². The molecule has 0 radical (unpaired) electrons. The van der Waals surface area contributed by atoms with E-state index in [2.05, 4.69) is 21.9 Å². The molecule has 4 nitrogen and oxygen atoms in total. The lowest BCUT2D eigenvalue weighted by molar-refractivity contribution is 0.564. The Kier molecular flexibility index (Phi) is 5.09. The highest BCUT2D eigenvalue weighted by atomic mass is 32.2. The summed E-state index contributed by atoms with van der Waals surface area (Å²) in [6.07, 6.45) is 2.60. The van der Waals surface area contributed by atoms with Gasteiger partial charge in [-0.2, -0.15) is 0 Å². The summed E-state index contributed by atoms with van der Waals surface area (Å²) in [5.41, 5.74) is 0. The maximum atomic E-state index is 11.6. The van der Waals surface area contributed by atoms with Gasteiger partial charge < -0.3 is 5.32 Å². The van der Waals surface area contributed by atoms with Gasteiger partial charge in [0.1, 0.15) is 0 Å². The van der Waals surface area contributed by atoms with Crippen LogP contribution in [-0.2, 0) is 10.0 Å². The Morgan fingerprint density at radius 2 is 2.33 bits per heavy atom. The van der Waals surface area contributed by atoms with Gasteiger partial charge in [0.25, 0.3) is 0 Å². The second-order valence-corrected chi connectivity index (χ2v) is 5.50. The minimum atomic E-state index is -3.13. The van der Waals surface area contributed by atoms with Crippen molar-refractivity contribution < 1.29 is 8.42 Å². The van der Waals surface area contributed by atoms with Crippen LogP contribution in [0.1, 0.15) is 26.2 Å². The molecule has 0 aromatic carbocycles. The average molecular weight is 230 g/mol. The van der Waals surface area contributed by atoms with Crippen molar-refractivity contribution in [2.75, 3.05) is 18.8 Å². The Balaban J connectivity index is 2.27. The zero-order valence-electron chi connectivity index (χ0n) is 9.04. The lowest BCUT2D eigenvalue weighted by atomic mass is 10.3. The van der Waals surface area contributed by atoms with Crippen LogP contribution in [0.4, 0.5) is 0 Å². The number of sulfonamides is 1. The fraction of sp³-hybridized carbons (Fsp3) is 0.800. The van der Waals surface area contributed by atoms with E-state index in [0.29, 0.717) is 13.0 Å². The molecule has 1 atom stereocenters. The maximum absolute atomic E-state index is 11.6. The molecule has 1 saturated heterocycles. The predicted molar refractivity (Wildman–Crippen MR) is 60.9 cm³/mol. The third kappa shape index (κ3) is 5.17. The summed E-state index contributed by atoms with van der Waals surface area (Å²) in [6.45, 7) is 3.09. The number of hydrogen-bond acceptors (Lipinski definition) is 3. The predicted octanol–water partition coefficient (Wildman–Crippen LogP) is 0.0712. The molecule has 86 valence electrons. The van der Waals surface area contributed by atoms with E-state index in [0.717, 1.165) is 19.4 Å². The molecule has 1 unspecified atom stereocenters. The Morgan fingerprint density at radius 3 is 2.93 bits per heavy atom. The van der Waals surface area contributed by atoms with Gasteiger partial charge in [0, 0.05) is 19.0 Å². The Labute approximate surface area is 91.9 Å². The van der Waals surface area contributed by atoms with E-state index in [-0.39, 0.29) is 11.8 Å². The van der Waals surface area contributed by atoms with Crippen molar-refractivity contribution in [1.82, 2.24) is 10.0 Å². The first kappa shape index (κ1) is 12.5. The molecule has 5 heteroatoms. The second kappa shape index (κ2) is 6.11. The smallest absolute Gasteiger partial charge is 0.213 e. The van der Waals surface area contributed by atoms with E-state index in [9.17, 15) is 8.42 Å². The Hall–Kier alpha value is -0.570. The summed E-state index contributed by atoms with van der Waals surface area (Å²) in [4.78, 5) is 0. The normalized spacial score (nSPS) is 21.0. The Morgan fingerprint density at radius 1 is 1.53 bits per heavy atom. The summed E-state index contributed by atoms with van der Waals surface area (Å²) < 4.78 is 25.7. The molecule has 15 heavy (non-hydrogen) atoms. The fourth-order valence-corrected chi connectivity index (χ4v) is 2.96. The molecule has 1 rings (SSSR count). The SMILES string of the molecule is CC#CCCNS(=O)(=O)CC1CCCN1. The Bertz CT molecular complexity index is 334. The lowest BCUT2D eigenvalue weighted by Gasteiger charge is -2.10. The van der Waals surface area contributed by atoms with Gasteiger partial charge in [0.2, 0.25) is 10.0 Å². The molecule has 1 fully saturated rings. The van der Waals surface area contributed by atoms with Crippen molar-refractivity contribution in [2.24, 2.45) is 0 Å². The lowest BCUT2D eigenvalue weighted by Crippen LogP contribution is -2.36. The molecule has 1 aliphatic heterocycles. The zero-order valence-corrected chi connectivity index (χ0v) is 9.86.